The maximum atomic E-state index is 15.7. The third kappa shape index (κ3) is 21.5. The first-order valence-corrected chi connectivity index (χ1v) is 36.6. The van der Waals surface area contributed by atoms with Crippen LogP contribution in [0.5, 0.6) is 0 Å². The number of hydrogen-bond donors (Lipinski definition) is 3. The molecule has 2 aliphatic carbocycles. The molecule has 1 aromatic rings. The van der Waals surface area contributed by atoms with Gasteiger partial charge in [-0.15, -0.1) is 0 Å². The van der Waals surface area contributed by atoms with Gasteiger partial charge in [0.05, 0.1) is 36.6 Å². The Morgan fingerprint density at radius 1 is 0.580 bits per heavy atom. The van der Waals surface area contributed by atoms with Crippen molar-refractivity contribution in [3.05, 3.63) is 34.3 Å². The fourth-order valence-corrected chi connectivity index (χ4v) is 15.1. The molecule has 2 saturated carbocycles. The molecule has 5 fully saturated rings. The predicted octanol–water partition coefficient (Wildman–Crippen LogP) is 6.14. The largest absolute Gasteiger partial charge is 0.417 e. The van der Waals surface area contributed by atoms with Crippen molar-refractivity contribution in [2.24, 2.45) is 29.6 Å². The molecular weight excluding hydrogens is 1320 g/mol. The van der Waals surface area contributed by atoms with Crippen molar-refractivity contribution in [3.8, 4) is 0 Å². The zero-order valence-corrected chi connectivity index (χ0v) is 62.0. The van der Waals surface area contributed by atoms with Crippen LogP contribution in [0, 0.1) is 29.6 Å². The van der Waals surface area contributed by atoms with Crippen molar-refractivity contribution < 1.29 is 70.7 Å². The van der Waals surface area contributed by atoms with Crippen molar-refractivity contribution in [2.45, 2.75) is 231 Å². The maximum absolute atomic E-state index is 15.7. The van der Waals surface area contributed by atoms with Crippen LogP contribution >= 0.6 is 11.6 Å². The summed E-state index contributed by atoms with van der Waals surface area (Å²) in [5, 5.41) is 7.99. The van der Waals surface area contributed by atoms with Gasteiger partial charge in [0, 0.05) is 69.0 Å². The first-order valence-electron chi connectivity index (χ1n) is 36.2. The number of carbonyl (C=O) groups excluding carboxylic acids is 12. The van der Waals surface area contributed by atoms with E-state index in [4.69, 9.17) is 11.6 Å². The summed E-state index contributed by atoms with van der Waals surface area (Å²) in [5.74, 6) is -9.53. The Morgan fingerprint density at radius 2 is 1.16 bits per heavy atom. The van der Waals surface area contributed by atoms with Crippen molar-refractivity contribution in [1.82, 2.24) is 60.0 Å². The van der Waals surface area contributed by atoms with E-state index in [1.807, 2.05) is 20.8 Å². The van der Waals surface area contributed by atoms with Gasteiger partial charge in [0.2, 0.25) is 70.9 Å². The number of hydrogen-bond acceptors (Lipinski definition) is 12. The summed E-state index contributed by atoms with van der Waals surface area (Å²) in [5.41, 5.74) is -0.779. The molecular formula is C72H112ClF3N12O12. The Labute approximate surface area is 594 Å². The van der Waals surface area contributed by atoms with Crippen molar-refractivity contribution >= 4 is 82.5 Å². The number of rotatable bonds is 12. The number of alkyl halides is 3. The summed E-state index contributed by atoms with van der Waals surface area (Å²) >= 11 is 6.15. The molecule has 3 aliphatic heterocycles. The minimum absolute atomic E-state index is 0.0173. The monoisotopic (exact) mass is 1430 g/mol. The highest BCUT2D eigenvalue weighted by molar-refractivity contribution is 6.31. The lowest BCUT2D eigenvalue weighted by molar-refractivity contribution is -0.156. The van der Waals surface area contributed by atoms with Gasteiger partial charge in [0.15, 0.2) is 0 Å². The van der Waals surface area contributed by atoms with Crippen LogP contribution in [-0.2, 0) is 70.1 Å². The summed E-state index contributed by atoms with van der Waals surface area (Å²) in [6.45, 7) is 9.85. The highest BCUT2D eigenvalue weighted by Gasteiger charge is 2.47. The third-order valence-electron chi connectivity index (χ3n) is 21.4. The van der Waals surface area contributed by atoms with Gasteiger partial charge in [0.1, 0.15) is 48.3 Å². The average molecular weight is 1430 g/mol. The Kier molecular flexibility index (Phi) is 30.5. The number of halogens is 4. The van der Waals surface area contributed by atoms with E-state index < -0.39 is 180 Å². The number of carbonyl (C=O) groups is 12. The number of piperidine rings is 1. The molecule has 6 rings (SSSR count). The molecule has 0 spiro atoms. The molecule has 3 heterocycles. The number of aryl methyl sites for hydroxylation is 1. The van der Waals surface area contributed by atoms with Gasteiger partial charge in [-0.2, -0.15) is 13.2 Å². The molecule has 3 N–H and O–H groups in total. The van der Waals surface area contributed by atoms with E-state index in [9.17, 15) is 46.7 Å². The summed E-state index contributed by atoms with van der Waals surface area (Å²) in [6.07, 6.45) is 5.57. The van der Waals surface area contributed by atoms with E-state index in [0.717, 1.165) is 84.6 Å². The van der Waals surface area contributed by atoms with Crippen LogP contribution in [0.1, 0.15) is 181 Å². The second kappa shape index (κ2) is 37.2. The second-order valence-corrected chi connectivity index (χ2v) is 30.1. The normalized spacial score (nSPS) is 26.6. The highest BCUT2D eigenvalue weighted by Crippen LogP contribution is 2.37. The van der Waals surface area contributed by atoms with E-state index in [2.05, 4.69) is 16.0 Å². The number of likely N-dealkylation sites (tertiary alicyclic amines) is 1. The zero-order chi connectivity index (χ0) is 74.2. The molecule has 12 amide bonds. The minimum atomic E-state index is -4.76. The predicted molar refractivity (Wildman–Crippen MR) is 371 cm³/mol. The second-order valence-electron chi connectivity index (χ2n) is 29.7. The third-order valence-corrected chi connectivity index (χ3v) is 21.7. The molecule has 1 unspecified atom stereocenters. The molecule has 560 valence electrons. The van der Waals surface area contributed by atoms with Gasteiger partial charge in [-0.3, -0.25) is 57.5 Å². The molecule has 100 heavy (non-hydrogen) atoms. The van der Waals surface area contributed by atoms with Crippen LogP contribution in [0.2, 0.25) is 5.02 Å². The van der Waals surface area contributed by atoms with E-state index in [1.54, 1.807) is 25.7 Å². The van der Waals surface area contributed by atoms with Crippen molar-refractivity contribution in [3.63, 3.8) is 0 Å². The van der Waals surface area contributed by atoms with Crippen LogP contribution in [0.25, 0.3) is 0 Å². The van der Waals surface area contributed by atoms with Gasteiger partial charge < -0.3 is 60.0 Å². The molecule has 9 atom stereocenters. The SMILES string of the molecule is CC[C@H](C)[C@@H]1NC(=O)[C@H](CC(C)C)N(C)C(=O)C[C@@H](C(=O)N2CCCCC2)N(C)C(=O)[C@H](C2CCCCC2)N(C)C(=O)[C@@H](C(C)C)NC(=O)C2CCCN2C(=O)[C@H](CCc2ccc(C(F)(F)F)c(Cl)c2)NC(=O)CN(C)C(=O)[C@H](CC2CCCCC2)N(C)C(=O)CN(C)C(=O)CN(C)C1=O. The molecule has 28 heteroatoms. The average Bonchev–Trinajstić information content (AvgIpc) is 1.02. The number of nitrogens with one attached hydrogen (secondary N) is 3. The molecule has 1 aromatic carbocycles. The van der Waals surface area contributed by atoms with Crippen molar-refractivity contribution in [1.29, 1.82) is 0 Å². The van der Waals surface area contributed by atoms with Gasteiger partial charge in [0.25, 0.3) is 0 Å². The number of benzene rings is 1. The van der Waals surface area contributed by atoms with Crippen LogP contribution in [0.3, 0.4) is 0 Å². The molecule has 0 bridgehead atoms. The zero-order valence-electron chi connectivity index (χ0n) is 61.3. The fraction of sp³-hybridized carbons (Fsp3) is 0.750. The summed E-state index contributed by atoms with van der Waals surface area (Å²) in [7, 11) is 9.94. The number of nitrogens with zero attached hydrogens (tertiary/aromatic N) is 9. The topological polar surface area (TPSA) is 270 Å². The standard InChI is InChI=1S/C72H112ClF3N12O12/c1-14-46(6)62-69(98)82(9)42-59(91)80(7)43-60(92)84(11)55(39-47-25-18-15-19-26-47)67(96)81(8)41-57(89)77-52(33-31-48-30-32-50(51(73)38-48)72(74,75)76)66(95)88-36-24-29-53(88)64(93)78-61(45(4)5)70(99)86(13)63(49-27-20-16-21-28-49)71(100)85(12)56(68(97)87-34-22-17-23-35-87)40-58(90)83(10)54(37-44(2)3)65(94)79-62/h30,32,38,44-47,49,52-56,61-63H,14-29,31,33-37,39-43H2,1-13H3,(H,77,89)(H,78,93)(H,79,94)/t46-,52-,53?,54-,55-,56-,61+,62-,63-/m0/s1. The van der Waals surface area contributed by atoms with E-state index >= 15 is 24.0 Å². The van der Waals surface area contributed by atoms with Crippen LogP contribution in [-0.4, -0.2) is 252 Å². The van der Waals surface area contributed by atoms with E-state index in [-0.39, 0.29) is 50.5 Å². The van der Waals surface area contributed by atoms with E-state index in [0.29, 0.717) is 57.2 Å². The number of fused-ring (bicyclic) bond motifs is 1. The van der Waals surface area contributed by atoms with Crippen LogP contribution < -0.4 is 16.0 Å². The minimum Gasteiger partial charge on any atom is -0.343 e. The summed E-state index contributed by atoms with van der Waals surface area (Å²) in [4.78, 5) is 190. The van der Waals surface area contributed by atoms with Crippen LogP contribution in [0.4, 0.5) is 13.2 Å². The Bertz CT molecular complexity index is 3070. The lowest BCUT2D eigenvalue weighted by atomic mass is 9.82. The van der Waals surface area contributed by atoms with Gasteiger partial charge in [-0.1, -0.05) is 117 Å². The molecule has 0 radical (unpaired) electrons. The Balaban J connectivity index is 1.43. The molecule has 24 nitrogen and oxygen atoms in total. The maximum Gasteiger partial charge on any atom is 0.417 e. The lowest BCUT2D eigenvalue weighted by Gasteiger charge is -2.42. The molecule has 3 saturated heterocycles. The molecule has 5 aliphatic rings. The summed E-state index contributed by atoms with van der Waals surface area (Å²) in [6, 6.07) is -6.89. The smallest absolute Gasteiger partial charge is 0.343 e. The van der Waals surface area contributed by atoms with Crippen molar-refractivity contribution in [2.75, 3.05) is 88.6 Å². The number of likely N-dealkylation sites (N-methyl/N-ethyl adjacent to an activating group) is 7. The highest BCUT2D eigenvalue weighted by atomic mass is 35.5. The fourth-order valence-electron chi connectivity index (χ4n) is 14.8. The van der Waals surface area contributed by atoms with Crippen LogP contribution in [0.15, 0.2) is 18.2 Å². The lowest BCUT2D eigenvalue weighted by Crippen LogP contribution is -2.62. The summed E-state index contributed by atoms with van der Waals surface area (Å²) < 4.78 is 41.6. The molecule has 0 aromatic heterocycles. The Morgan fingerprint density at radius 3 is 1.75 bits per heavy atom. The Hall–Kier alpha value is -7.06. The quantitative estimate of drug-likeness (QED) is 0.213. The van der Waals surface area contributed by atoms with Gasteiger partial charge in [-0.05, 0) is 118 Å². The first kappa shape index (κ1) is 81.9. The van der Waals surface area contributed by atoms with E-state index in [1.165, 1.54) is 79.9 Å². The van der Waals surface area contributed by atoms with Gasteiger partial charge in [-0.25, -0.2) is 0 Å². The van der Waals surface area contributed by atoms with Gasteiger partial charge >= 0.3 is 6.18 Å². The number of amides is 12. The first-order chi connectivity index (χ1) is 47.1.